The van der Waals surface area contributed by atoms with Crippen molar-refractivity contribution >= 4 is 40.8 Å². The van der Waals surface area contributed by atoms with Gasteiger partial charge in [-0.1, -0.05) is 35.9 Å². The lowest BCUT2D eigenvalue weighted by Crippen LogP contribution is -2.44. The van der Waals surface area contributed by atoms with E-state index >= 15 is 0 Å². The van der Waals surface area contributed by atoms with Crippen LogP contribution in [0, 0.1) is 0 Å². The van der Waals surface area contributed by atoms with Crippen LogP contribution in [0.5, 0.6) is 0 Å². The number of benzene rings is 1. The topological polar surface area (TPSA) is 69.7 Å². The fourth-order valence-electron chi connectivity index (χ4n) is 3.06. The Morgan fingerprint density at radius 3 is 2.64 bits per heavy atom. The molecular weight excluding hydrogens is 398 g/mol. The molecule has 0 spiro atoms. The third-order valence-electron chi connectivity index (χ3n) is 4.62. The van der Waals surface area contributed by atoms with Crippen molar-refractivity contribution in [2.75, 3.05) is 13.1 Å². The van der Waals surface area contributed by atoms with Gasteiger partial charge in [0.1, 0.15) is 12.1 Å². The van der Waals surface area contributed by atoms with Gasteiger partial charge in [-0.05, 0) is 36.1 Å². The summed E-state index contributed by atoms with van der Waals surface area (Å²) in [6, 6.07) is 9.93. The minimum atomic E-state index is -1.24. The minimum absolute atomic E-state index is 0.322. The van der Waals surface area contributed by atoms with Crippen LogP contribution in [0.4, 0.5) is 4.79 Å². The van der Waals surface area contributed by atoms with Crippen LogP contribution in [0.2, 0.25) is 5.02 Å². The second-order valence-electron chi connectivity index (χ2n) is 6.60. The number of nitrogens with zero attached hydrogens (tertiary/aromatic N) is 2. The van der Waals surface area contributed by atoms with Crippen LogP contribution in [-0.2, 0) is 21.7 Å². The highest BCUT2D eigenvalue weighted by Gasteiger charge is 2.49. The molecule has 4 amide bonds. The maximum Gasteiger partial charge on any atom is 0.325 e. The molecule has 1 fully saturated rings. The molecule has 2 aromatic rings. The molecule has 3 rings (SSSR count). The summed E-state index contributed by atoms with van der Waals surface area (Å²) >= 11 is 7.45. The molecule has 0 saturated carbocycles. The van der Waals surface area contributed by atoms with Crippen molar-refractivity contribution in [2.24, 2.45) is 0 Å². The standard InChI is InChI=1S/C20H20ClN3O3S/c1-3-10-23(12-16-5-4-11-28-16)17(25)13-24-18(26)20(2,22-19(24)27)14-6-8-15(21)9-7-14/h3-9,11H,1,10,12-13H2,2H3,(H,22,27)/t20-/m0/s1. The third-order valence-corrected chi connectivity index (χ3v) is 5.73. The Morgan fingerprint density at radius 2 is 2.04 bits per heavy atom. The van der Waals surface area contributed by atoms with Crippen LogP contribution in [0.1, 0.15) is 17.4 Å². The number of imide groups is 1. The SMILES string of the molecule is C=CCN(Cc1cccs1)C(=O)CN1C(=O)N[C@@](C)(c2ccc(Cl)cc2)C1=O. The van der Waals surface area contributed by atoms with E-state index in [-0.39, 0.29) is 12.5 Å². The highest BCUT2D eigenvalue weighted by atomic mass is 35.5. The lowest BCUT2D eigenvalue weighted by atomic mass is 9.92. The van der Waals surface area contributed by atoms with Gasteiger partial charge < -0.3 is 10.2 Å². The summed E-state index contributed by atoms with van der Waals surface area (Å²) in [6.07, 6.45) is 1.62. The lowest BCUT2D eigenvalue weighted by Gasteiger charge is -2.24. The first kappa shape index (κ1) is 20.1. The number of rotatable bonds is 7. The van der Waals surface area contributed by atoms with E-state index in [2.05, 4.69) is 11.9 Å². The van der Waals surface area contributed by atoms with E-state index < -0.39 is 17.5 Å². The summed E-state index contributed by atoms with van der Waals surface area (Å²) in [5, 5.41) is 5.16. The summed E-state index contributed by atoms with van der Waals surface area (Å²) in [4.78, 5) is 41.8. The van der Waals surface area contributed by atoms with Crippen LogP contribution in [0.3, 0.4) is 0 Å². The van der Waals surface area contributed by atoms with E-state index in [9.17, 15) is 14.4 Å². The quantitative estimate of drug-likeness (QED) is 0.554. The van der Waals surface area contributed by atoms with Crippen LogP contribution < -0.4 is 5.32 Å². The Bertz CT molecular complexity index is 898. The molecule has 28 heavy (non-hydrogen) atoms. The fourth-order valence-corrected chi connectivity index (χ4v) is 3.90. The zero-order valence-corrected chi connectivity index (χ0v) is 16.9. The Hall–Kier alpha value is -2.64. The molecule has 1 atom stereocenters. The first-order chi connectivity index (χ1) is 13.3. The molecule has 1 saturated heterocycles. The van der Waals surface area contributed by atoms with Gasteiger partial charge in [0.15, 0.2) is 0 Å². The van der Waals surface area contributed by atoms with Crippen molar-refractivity contribution in [3.8, 4) is 0 Å². The molecule has 1 aromatic carbocycles. The smallest absolute Gasteiger partial charge is 0.325 e. The predicted molar refractivity (Wildman–Crippen MR) is 109 cm³/mol. The Labute approximate surface area is 172 Å². The summed E-state index contributed by atoms with van der Waals surface area (Å²) in [5.74, 6) is -0.792. The van der Waals surface area contributed by atoms with Gasteiger partial charge in [0, 0.05) is 16.4 Å². The van der Waals surface area contributed by atoms with Gasteiger partial charge >= 0.3 is 6.03 Å². The molecular formula is C20H20ClN3O3S. The summed E-state index contributed by atoms with van der Waals surface area (Å²) in [5.41, 5.74) is -0.634. The van der Waals surface area contributed by atoms with E-state index in [1.54, 1.807) is 42.2 Å². The average Bonchev–Trinajstić information content (AvgIpc) is 3.25. The summed E-state index contributed by atoms with van der Waals surface area (Å²) in [7, 11) is 0. The zero-order valence-electron chi connectivity index (χ0n) is 15.4. The molecule has 6 nitrogen and oxygen atoms in total. The molecule has 1 aliphatic heterocycles. The zero-order chi connectivity index (χ0) is 20.3. The van der Waals surface area contributed by atoms with Gasteiger partial charge in [-0.25, -0.2) is 4.79 Å². The molecule has 1 N–H and O–H groups in total. The van der Waals surface area contributed by atoms with Crippen molar-refractivity contribution in [1.82, 2.24) is 15.1 Å². The molecule has 0 radical (unpaired) electrons. The molecule has 0 unspecified atom stereocenters. The van der Waals surface area contributed by atoms with Gasteiger partial charge in [0.05, 0.1) is 6.54 Å². The molecule has 1 aromatic heterocycles. The summed E-state index contributed by atoms with van der Waals surface area (Å²) in [6.45, 7) is 5.71. The number of amides is 4. The van der Waals surface area contributed by atoms with E-state index in [1.165, 1.54) is 11.3 Å². The van der Waals surface area contributed by atoms with Gasteiger partial charge in [-0.2, -0.15) is 0 Å². The van der Waals surface area contributed by atoms with Crippen LogP contribution in [0.25, 0.3) is 0 Å². The molecule has 0 aliphatic carbocycles. The van der Waals surface area contributed by atoms with Crippen molar-refractivity contribution in [1.29, 1.82) is 0 Å². The van der Waals surface area contributed by atoms with Crippen molar-refractivity contribution in [3.63, 3.8) is 0 Å². The van der Waals surface area contributed by atoms with Crippen molar-refractivity contribution in [3.05, 3.63) is 69.9 Å². The first-order valence-electron chi connectivity index (χ1n) is 8.66. The van der Waals surface area contributed by atoms with Crippen molar-refractivity contribution < 1.29 is 14.4 Å². The van der Waals surface area contributed by atoms with E-state index in [0.717, 1.165) is 9.78 Å². The molecule has 8 heteroatoms. The number of halogens is 1. The first-order valence-corrected chi connectivity index (χ1v) is 9.92. The monoisotopic (exact) mass is 417 g/mol. The second-order valence-corrected chi connectivity index (χ2v) is 8.06. The number of hydrogen-bond donors (Lipinski definition) is 1. The Morgan fingerprint density at radius 1 is 1.32 bits per heavy atom. The Kier molecular flexibility index (Phi) is 5.86. The third kappa shape index (κ3) is 3.95. The number of hydrogen-bond acceptors (Lipinski definition) is 4. The number of nitrogens with one attached hydrogen (secondary N) is 1. The normalized spacial score (nSPS) is 18.9. The lowest BCUT2D eigenvalue weighted by molar-refractivity contribution is -0.138. The van der Waals surface area contributed by atoms with Crippen LogP contribution in [-0.4, -0.2) is 40.7 Å². The maximum atomic E-state index is 13.0. The number of carbonyl (C=O) groups is 3. The number of urea groups is 1. The van der Waals surface area contributed by atoms with Crippen LogP contribution in [0.15, 0.2) is 54.4 Å². The predicted octanol–water partition coefficient (Wildman–Crippen LogP) is 3.38. The number of carbonyl (C=O) groups excluding carboxylic acids is 3. The van der Waals surface area contributed by atoms with Crippen molar-refractivity contribution in [2.45, 2.75) is 19.0 Å². The van der Waals surface area contributed by atoms with E-state index in [0.29, 0.717) is 23.7 Å². The molecule has 1 aliphatic rings. The van der Waals surface area contributed by atoms with Gasteiger partial charge in [-0.3, -0.25) is 14.5 Å². The largest absolute Gasteiger partial charge is 0.332 e. The highest BCUT2D eigenvalue weighted by molar-refractivity contribution is 7.09. The fraction of sp³-hybridized carbons (Fsp3) is 0.250. The minimum Gasteiger partial charge on any atom is -0.332 e. The molecule has 2 heterocycles. The van der Waals surface area contributed by atoms with E-state index in [1.807, 2.05) is 17.5 Å². The van der Waals surface area contributed by atoms with Gasteiger partial charge in [0.25, 0.3) is 5.91 Å². The molecule has 146 valence electrons. The Balaban J connectivity index is 1.76. The second kappa shape index (κ2) is 8.16. The van der Waals surface area contributed by atoms with Crippen LogP contribution >= 0.6 is 22.9 Å². The summed E-state index contributed by atoms with van der Waals surface area (Å²) < 4.78 is 0. The highest BCUT2D eigenvalue weighted by Crippen LogP contribution is 2.29. The van der Waals surface area contributed by atoms with E-state index in [4.69, 9.17) is 11.6 Å². The number of thiophene rings is 1. The van der Waals surface area contributed by atoms with Gasteiger partial charge in [-0.15, -0.1) is 17.9 Å². The van der Waals surface area contributed by atoms with Gasteiger partial charge in [0.2, 0.25) is 5.91 Å². The average molecular weight is 418 g/mol. The molecule has 0 bridgehead atoms. The maximum absolute atomic E-state index is 13.0.